The molecule has 0 amide bonds. The average Bonchev–Trinajstić information content (AvgIpc) is 2.40. The zero-order chi connectivity index (χ0) is 13.0. The molecule has 1 unspecified atom stereocenters. The smallest absolute Gasteiger partial charge is 0.141 e. The van der Waals surface area contributed by atoms with Crippen LogP contribution in [0.15, 0.2) is 18.2 Å². The zero-order valence-corrected chi connectivity index (χ0v) is 11.4. The van der Waals surface area contributed by atoms with Crippen molar-refractivity contribution in [2.75, 3.05) is 0 Å². The lowest BCUT2D eigenvalue weighted by atomic mass is 9.84. The molecule has 0 aromatic heterocycles. The van der Waals surface area contributed by atoms with E-state index >= 15 is 0 Å². The lowest BCUT2D eigenvalue weighted by Crippen LogP contribution is -2.14. The van der Waals surface area contributed by atoms with Crippen molar-refractivity contribution in [2.24, 2.45) is 11.7 Å². The van der Waals surface area contributed by atoms with E-state index in [2.05, 4.69) is 0 Å². The molecule has 1 aromatic rings. The number of hydrogen-bond donors (Lipinski definition) is 1. The van der Waals surface area contributed by atoms with Crippen molar-refractivity contribution < 1.29 is 4.39 Å². The van der Waals surface area contributed by atoms with E-state index in [0.717, 1.165) is 17.9 Å². The van der Waals surface area contributed by atoms with E-state index in [1.807, 2.05) is 0 Å². The van der Waals surface area contributed by atoms with Gasteiger partial charge in [0.25, 0.3) is 0 Å². The molecule has 1 aromatic carbocycles. The Balaban J connectivity index is 1.86. The number of hydrogen-bond acceptors (Lipinski definition) is 1. The highest BCUT2D eigenvalue weighted by molar-refractivity contribution is 6.30. The summed E-state index contributed by atoms with van der Waals surface area (Å²) in [6.45, 7) is 0. The predicted octanol–water partition coefficient (Wildman–Crippen LogP) is 4.84. The highest BCUT2D eigenvalue weighted by Gasteiger charge is 2.16. The quantitative estimate of drug-likeness (QED) is 0.832. The summed E-state index contributed by atoms with van der Waals surface area (Å²) in [6, 6.07) is 4.78. The van der Waals surface area contributed by atoms with Gasteiger partial charge in [-0.2, -0.15) is 0 Å². The molecule has 0 aliphatic heterocycles. The molecule has 1 nitrogen and oxygen atoms in total. The SMILES string of the molecule is NC(CCC1CCCCC1)c1ccc(F)c(Cl)c1. The molecule has 2 N–H and O–H groups in total. The topological polar surface area (TPSA) is 26.0 Å². The summed E-state index contributed by atoms with van der Waals surface area (Å²) >= 11 is 5.78. The van der Waals surface area contributed by atoms with Crippen LogP contribution in [0, 0.1) is 11.7 Å². The highest BCUT2D eigenvalue weighted by atomic mass is 35.5. The summed E-state index contributed by atoms with van der Waals surface area (Å²) in [7, 11) is 0. The molecule has 18 heavy (non-hydrogen) atoms. The molecule has 0 spiro atoms. The second-order valence-corrected chi connectivity index (χ2v) is 5.77. The normalized spacial score (nSPS) is 18.8. The van der Waals surface area contributed by atoms with Crippen LogP contribution in [-0.2, 0) is 0 Å². The zero-order valence-electron chi connectivity index (χ0n) is 10.7. The fourth-order valence-electron chi connectivity index (χ4n) is 2.80. The number of nitrogens with two attached hydrogens (primary N) is 1. The summed E-state index contributed by atoms with van der Waals surface area (Å²) in [5.74, 6) is 0.459. The first kappa shape index (κ1) is 13.8. The molecule has 0 bridgehead atoms. The van der Waals surface area contributed by atoms with Crippen molar-refractivity contribution in [2.45, 2.75) is 51.0 Å². The molecule has 1 aliphatic rings. The molecule has 1 atom stereocenters. The minimum Gasteiger partial charge on any atom is -0.324 e. The lowest BCUT2D eigenvalue weighted by Gasteiger charge is -2.23. The maximum absolute atomic E-state index is 13.1. The van der Waals surface area contributed by atoms with E-state index in [-0.39, 0.29) is 16.9 Å². The first-order valence-electron chi connectivity index (χ1n) is 6.87. The van der Waals surface area contributed by atoms with Crippen molar-refractivity contribution in [1.29, 1.82) is 0 Å². The third kappa shape index (κ3) is 3.69. The van der Waals surface area contributed by atoms with Crippen molar-refractivity contribution in [1.82, 2.24) is 0 Å². The van der Waals surface area contributed by atoms with Gasteiger partial charge in [0.15, 0.2) is 0 Å². The molecule has 1 aliphatic carbocycles. The second-order valence-electron chi connectivity index (χ2n) is 5.36. The molecular formula is C15H21ClFN. The van der Waals surface area contributed by atoms with Crippen LogP contribution in [0.4, 0.5) is 4.39 Å². The molecule has 2 rings (SSSR count). The number of halogens is 2. The summed E-state index contributed by atoms with van der Waals surface area (Å²) < 4.78 is 13.1. The molecule has 0 radical (unpaired) electrons. The highest BCUT2D eigenvalue weighted by Crippen LogP contribution is 2.30. The molecule has 0 saturated heterocycles. The van der Waals surface area contributed by atoms with Gasteiger partial charge < -0.3 is 5.73 Å². The lowest BCUT2D eigenvalue weighted by molar-refractivity contribution is 0.324. The molecular weight excluding hydrogens is 249 g/mol. The largest absolute Gasteiger partial charge is 0.324 e. The van der Waals surface area contributed by atoms with E-state index in [9.17, 15) is 4.39 Å². The van der Waals surface area contributed by atoms with Gasteiger partial charge in [-0.15, -0.1) is 0 Å². The van der Waals surface area contributed by atoms with Crippen LogP contribution in [0.25, 0.3) is 0 Å². The van der Waals surface area contributed by atoms with Crippen LogP contribution in [0.1, 0.15) is 56.6 Å². The Morgan fingerprint density at radius 1 is 1.28 bits per heavy atom. The van der Waals surface area contributed by atoms with Gasteiger partial charge >= 0.3 is 0 Å². The van der Waals surface area contributed by atoms with Gasteiger partial charge in [-0.1, -0.05) is 49.8 Å². The maximum Gasteiger partial charge on any atom is 0.141 e. The molecule has 3 heteroatoms. The minimum absolute atomic E-state index is 0.0231. The van der Waals surface area contributed by atoms with E-state index in [1.165, 1.54) is 44.6 Å². The van der Waals surface area contributed by atoms with Gasteiger partial charge in [-0.25, -0.2) is 4.39 Å². The minimum atomic E-state index is -0.375. The van der Waals surface area contributed by atoms with Gasteiger partial charge in [-0.05, 0) is 36.5 Å². The number of benzene rings is 1. The second kappa shape index (κ2) is 6.53. The fourth-order valence-corrected chi connectivity index (χ4v) is 2.99. The summed E-state index contributed by atoms with van der Waals surface area (Å²) in [5, 5.41) is 0.167. The van der Waals surface area contributed by atoms with Crippen LogP contribution < -0.4 is 5.73 Å². The Morgan fingerprint density at radius 2 is 2.00 bits per heavy atom. The Morgan fingerprint density at radius 3 is 2.67 bits per heavy atom. The van der Waals surface area contributed by atoms with Crippen LogP contribution in [-0.4, -0.2) is 0 Å². The predicted molar refractivity (Wildman–Crippen MR) is 74.1 cm³/mol. The van der Waals surface area contributed by atoms with Gasteiger partial charge in [-0.3, -0.25) is 0 Å². The summed E-state index contributed by atoms with van der Waals surface area (Å²) in [6.07, 6.45) is 8.94. The molecule has 0 heterocycles. The van der Waals surface area contributed by atoms with Gasteiger partial charge in [0, 0.05) is 6.04 Å². The van der Waals surface area contributed by atoms with Crippen molar-refractivity contribution >= 4 is 11.6 Å². The van der Waals surface area contributed by atoms with Crippen LogP contribution in [0.5, 0.6) is 0 Å². The van der Waals surface area contributed by atoms with E-state index in [4.69, 9.17) is 17.3 Å². The Hall–Kier alpha value is -0.600. The first-order chi connectivity index (χ1) is 8.66. The maximum atomic E-state index is 13.1. The van der Waals surface area contributed by atoms with Crippen LogP contribution in [0.2, 0.25) is 5.02 Å². The van der Waals surface area contributed by atoms with Crippen LogP contribution in [0.3, 0.4) is 0 Å². The molecule has 100 valence electrons. The average molecular weight is 270 g/mol. The van der Waals surface area contributed by atoms with E-state index in [1.54, 1.807) is 12.1 Å². The van der Waals surface area contributed by atoms with E-state index < -0.39 is 0 Å². The monoisotopic (exact) mass is 269 g/mol. The molecule has 1 saturated carbocycles. The molecule has 1 fully saturated rings. The first-order valence-corrected chi connectivity index (χ1v) is 7.25. The standard InChI is InChI=1S/C15H21ClFN/c16-13-10-12(7-8-14(13)17)15(18)9-6-11-4-2-1-3-5-11/h7-8,10-11,15H,1-6,9,18H2. The Bertz CT molecular complexity index is 388. The van der Waals surface area contributed by atoms with Crippen LogP contribution >= 0.6 is 11.6 Å². The van der Waals surface area contributed by atoms with Gasteiger partial charge in [0.1, 0.15) is 5.82 Å². The Kier molecular flexibility index (Phi) is 5.02. The van der Waals surface area contributed by atoms with Crippen molar-refractivity contribution in [3.05, 3.63) is 34.6 Å². The van der Waals surface area contributed by atoms with E-state index in [0.29, 0.717) is 0 Å². The van der Waals surface area contributed by atoms with Gasteiger partial charge in [0.05, 0.1) is 5.02 Å². The summed E-state index contributed by atoms with van der Waals surface area (Å²) in [5.41, 5.74) is 7.09. The Labute approximate surface area is 114 Å². The van der Waals surface area contributed by atoms with Gasteiger partial charge in [0.2, 0.25) is 0 Å². The number of rotatable bonds is 4. The fraction of sp³-hybridized carbons (Fsp3) is 0.600. The van der Waals surface area contributed by atoms with Crippen molar-refractivity contribution in [3.8, 4) is 0 Å². The third-order valence-electron chi connectivity index (χ3n) is 3.98. The third-order valence-corrected chi connectivity index (χ3v) is 4.27. The summed E-state index contributed by atoms with van der Waals surface area (Å²) in [4.78, 5) is 0. The van der Waals surface area contributed by atoms with Crippen molar-refractivity contribution in [3.63, 3.8) is 0 Å².